The predicted octanol–water partition coefficient (Wildman–Crippen LogP) is 3.36. The van der Waals surface area contributed by atoms with Crippen molar-refractivity contribution >= 4 is 11.3 Å². The van der Waals surface area contributed by atoms with Gasteiger partial charge in [-0.05, 0) is 37.6 Å². The number of hydrogen-bond donors (Lipinski definition) is 1. The first kappa shape index (κ1) is 13.1. The molecule has 3 heteroatoms. The molecule has 1 aromatic rings. The topological polar surface area (TPSA) is 35.2 Å². The van der Waals surface area contributed by atoms with Gasteiger partial charge in [-0.25, -0.2) is 0 Å². The molecule has 1 unspecified atom stereocenters. The molecule has 1 aromatic heterocycles. The third kappa shape index (κ3) is 3.09. The Kier molecular flexibility index (Phi) is 4.60. The van der Waals surface area contributed by atoms with Crippen molar-refractivity contribution in [3.63, 3.8) is 0 Å². The van der Waals surface area contributed by atoms with Crippen molar-refractivity contribution in [2.45, 2.75) is 57.1 Å². The lowest BCUT2D eigenvalue weighted by Crippen LogP contribution is -2.52. The summed E-state index contributed by atoms with van der Waals surface area (Å²) in [6.07, 6.45) is 7.08. The molecule has 1 atom stereocenters. The van der Waals surface area contributed by atoms with Crippen LogP contribution in [0.15, 0.2) is 17.5 Å². The van der Waals surface area contributed by atoms with Crippen molar-refractivity contribution in [3.05, 3.63) is 22.4 Å². The third-order valence-electron chi connectivity index (χ3n) is 3.81. The quantitative estimate of drug-likeness (QED) is 0.873. The Bertz CT molecular complexity index is 311. The van der Waals surface area contributed by atoms with Gasteiger partial charge in [0, 0.05) is 17.5 Å². The molecule has 0 aliphatic heterocycles. The van der Waals surface area contributed by atoms with Crippen LogP contribution >= 0.6 is 11.3 Å². The van der Waals surface area contributed by atoms with Crippen LogP contribution < -0.4 is 5.73 Å². The van der Waals surface area contributed by atoms with E-state index in [-0.39, 0.29) is 11.6 Å². The molecule has 0 radical (unpaired) electrons. The second-order valence-corrected chi connectivity index (χ2v) is 5.98. The summed E-state index contributed by atoms with van der Waals surface area (Å²) >= 11 is 1.80. The smallest absolute Gasteiger partial charge is 0.0836 e. The van der Waals surface area contributed by atoms with Crippen molar-refractivity contribution in [1.82, 2.24) is 0 Å². The Morgan fingerprint density at radius 3 is 2.76 bits per heavy atom. The maximum Gasteiger partial charge on any atom is 0.0836 e. The van der Waals surface area contributed by atoms with E-state index in [9.17, 15) is 0 Å². The van der Waals surface area contributed by atoms with Crippen LogP contribution in [0.3, 0.4) is 0 Å². The van der Waals surface area contributed by atoms with Crippen LogP contribution in [0.25, 0.3) is 0 Å². The normalized spacial score (nSPS) is 21.3. The Labute approximate surface area is 108 Å². The molecule has 0 bridgehead atoms. The predicted molar refractivity (Wildman–Crippen MR) is 73.4 cm³/mol. The number of hydrogen-bond acceptors (Lipinski definition) is 3. The fourth-order valence-electron chi connectivity index (χ4n) is 2.89. The van der Waals surface area contributed by atoms with Gasteiger partial charge in [-0.1, -0.05) is 25.3 Å². The van der Waals surface area contributed by atoms with Crippen molar-refractivity contribution in [2.75, 3.05) is 6.61 Å². The van der Waals surface area contributed by atoms with Gasteiger partial charge in [-0.3, -0.25) is 0 Å². The first-order valence-corrected chi connectivity index (χ1v) is 7.57. The number of nitrogens with two attached hydrogens (primary N) is 1. The van der Waals surface area contributed by atoms with Crippen molar-refractivity contribution in [3.8, 4) is 0 Å². The molecule has 0 amide bonds. The van der Waals surface area contributed by atoms with Crippen LogP contribution in [0.2, 0.25) is 0 Å². The second-order valence-electron chi connectivity index (χ2n) is 4.95. The molecule has 0 spiro atoms. The van der Waals surface area contributed by atoms with Gasteiger partial charge >= 0.3 is 0 Å². The molecule has 1 saturated carbocycles. The van der Waals surface area contributed by atoms with Gasteiger partial charge in [0.05, 0.1) is 5.60 Å². The lowest BCUT2D eigenvalue weighted by Gasteiger charge is -2.41. The van der Waals surface area contributed by atoms with Crippen LogP contribution in [-0.4, -0.2) is 18.2 Å². The first-order valence-electron chi connectivity index (χ1n) is 6.69. The zero-order valence-electron chi connectivity index (χ0n) is 10.7. The largest absolute Gasteiger partial charge is 0.374 e. The molecule has 1 fully saturated rings. The van der Waals surface area contributed by atoms with Crippen LogP contribution in [0.5, 0.6) is 0 Å². The molecular formula is C14H23NOS. The fourth-order valence-corrected chi connectivity index (χ4v) is 3.66. The van der Waals surface area contributed by atoms with Crippen LogP contribution in [0.4, 0.5) is 0 Å². The minimum atomic E-state index is -0.0585. The minimum Gasteiger partial charge on any atom is -0.374 e. The summed E-state index contributed by atoms with van der Waals surface area (Å²) in [5.41, 5.74) is 6.38. The van der Waals surface area contributed by atoms with E-state index in [1.807, 2.05) is 0 Å². The summed E-state index contributed by atoms with van der Waals surface area (Å²) in [5, 5.41) is 2.12. The summed E-state index contributed by atoms with van der Waals surface area (Å²) in [6.45, 7) is 2.85. The van der Waals surface area contributed by atoms with Crippen LogP contribution in [-0.2, 0) is 11.2 Å². The average molecular weight is 253 g/mol. The van der Waals surface area contributed by atoms with Gasteiger partial charge in [0.1, 0.15) is 0 Å². The van der Waals surface area contributed by atoms with Crippen LogP contribution in [0, 0.1) is 0 Å². The SMILES string of the molecule is CCOC1(C(N)Cc2cccs2)CCCCC1. The highest BCUT2D eigenvalue weighted by Crippen LogP contribution is 2.35. The average Bonchev–Trinajstić information content (AvgIpc) is 2.83. The van der Waals surface area contributed by atoms with E-state index in [4.69, 9.17) is 10.5 Å². The molecule has 1 aliphatic rings. The van der Waals surface area contributed by atoms with Crippen molar-refractivity contribution in [1.29, 1.82) is 0 Å². The van der Waals surface area contributed by atoms with Gasteiger partial charge in [0.15, 0.2) is 0 Å². The molecule has 1 heterocycles. The lowest BCUT2D eigenvalue weighted by atomic mass is 9.78. The molecule has 96 valence electrons. The first-order chi connectivity index (χ1) is 8.27. The van der Waals surface area contributed by atoms with E-state index in [0.717, 1.165) is 25.9 Å². The highest BCUT2D eigenvalue weighted by atomic mass is 32.1. The van der Waals surface area contributed by atoms with Gasteiger partial charge in [-0.2, -0.15) is 0 Å². The highest BCUT2D eigenvalue weighted by Gasteiger charge is 2.38. The molecule has 2 nitrogen and oxygen atoms in total. The van der Waals surface area contributed by atoms with E-state index in [2.05, 4.69) is 24.4 Å². The standard InChI is InChI=1S/C14H23NOS/c1-2-16-14(8-4-3-5-9-14)13(15)11-12-7-6-10-17-12/h6-7,10,13H,2-5,8-9,11,15H2,1H3. The molecule has 0 aromatic carbocycles. The van der Waals surface area contributed by atoms with E-state index in [1.54, 1.807) is 11.3 Å². The summed E-state index contributed by atoms with van der Waals surface area (Å²) in [5.74, 6) is 0. The number of rotatable bonds is 5. The molecule has 17 heavy (non-hydrogen) atoms. The Balaban J connectivity index is 2.03. The van der Waals surface area contributed by atoms with Gasteiger partial charge in [-0.15, -0.1) is 11.3 Å². The van der Waals surface area contributed by atoms with Crippen LogP contribution in [0.1, 0.15) is 43.9 Å². The van der Waals surface area contributed by atoms with E-state index in [0.29, 0.717) is 0 Å². The molecule has 1 aliphatic carbocycles. The maximum atomic E-state index is 6.44. The molecule has 0 saturated heterocycles. The number of thiophene rings is 1. The Morgan fingerprint density at radius 1 is 1.41 bits per heavy atom. The molecular weight excluding hydrogens is 230 g/mol. The Hall–Kier alpha value is -0.380. The van der Waals surface area contributed by atoms with E-state index in [1.165, 1.54) is 24.1 Å². The number of ether oxygens (including phenoxy) is 1. The summed E-state index contributed by atoms with van der Waals surface area (Å²) < 4.78 is 6.06. The fraction of sp³-hybridized carbons (Fsp3) is 0.714. The lowest BCUT2D eigenvalue weighted by molar-refractivity contribution is -0.0816. The summed E-state index contributed by atoms with van der Waals surface area (Å²) in [6, 6.07) is 4.41. The van der Waals surface area contributed by atoms with Crippen molar-refractivity contribution < 1.29 is 4.74 Å². The molecule has 2 N–H and O–H groups in total. The summed E-state index contributed by atoms with van der Waals surface area (Å²) in [4.78, 5) is 1.38. The monoisotopic (exact) mass is 253 g/mol. The van der Waals surface area contributed by atoms with Crippen molar-refractivity contribution in [2.24, 2.45) is 5.73 Å². The molecule has 2 rings (SSSR count). The second kappa shape index (κ2) is 5.98. The summed E-state index contributed by atoms with van der Waals surface area (Å²) in [7, 11) is 0. The zero-order chi connectivity index (χ0) is 12.1. The van der Waals surface area contributed by atoms with E-state index >= 15 is 0 Å². The van der Waals surface area contributed by atoms with Gasteiger partial charge in [0.25, 0.3) is 0 Å². The van der Waals surface area contributed by atoms with Gasteiger partial charge < -0.3 is 10.5 Å². The Morgan fingerprint density at radius 2 is 2.18 bits per heavy atom. The maximum absolute atomic E-state index is 6.44. The van der Waals surface area contributed by atoms with E-state index < -0.39 is 0 Å². The highest BCUT2D eigenvalue weighted by molar-refractivity contribution is 7.09. The van der Waals surface area contributed by atoms with Gasteiger partial charge in [0.2, 0.25) is 0 Å². The third-order valence-corrected chi connectivity index (χ3v) is 4.71. The minimum absolute atomic E-state index is 0.0585. The zero-order valence-corrected chi connectivity index (χ0v) is 11.5.